The second-order valence-corrected chi connectivity index (χ2v) is 8.71. The Hall–Kier alpha value is -3.65. The van der Waals surface area contributed by atoms with Crippen molar-refractivity contribution < 1.29 is 13.9 Å². The number of hydrogen-bond donors (Lipinski definition) is 1. The number of rotatable bonds is 6. The van der Waals surface area contributed by atoms with E-state index in [9.17, 15) is 9.59 Å². The Morgan fingerprint density at radius 3 is 2.76 bits per heavy atom. The van der Waals surface area contributed by atoms with Crippen LogP contribution < -0.4 is 10.3 Å². The second-order valence-electron chi connectivity index (χ2n) is 8.32. The quantitative estimate of drug-likeness (QED) is 0.394. The lowest BCUT2D eigenvalue weighted by molar-refractivity contribution is 0.0736. The molecular formula is C26H25N3O4S. The average molecular weight is 476 g/mol. The van der Waals surface area contributed by atoms with Crippen molar-refractivity contribution in [2.75, 3.05) is 13.2 Å². The molecule has 3 heterocycles. The number of fused-ring (bicyclic) bond motifs is 1. The molecule has 1 aliphatic rings. The summed E-state index contributed by atoms with van der Waals surface area (Å²) in [5.74, 6) is 1.41. The first-order valence-electron chi connectivity index (χ1n) is 11.4. The summed E-state index contributed by atoms with van der Waals surface area (Å²) in [5.41, 5.74) is 1.95. The zero-order chi connectivity index (χ0) is 23.7. The van der Waals surface area contributed by atoms with Crippen LogP contribution in [0.2, 0.25) is 0 Å². The molecule has 0 spiro atoms. The Bertz CT molecular complexity index is 1440. The van der Waals surface area contributed by atoms with Gasteiger partial charge in [-0.3, -0.25) is 14.2 Å². The predicted molar refractivity (Wildman–Crippen MR) is 132 cm³/mol. The summed E-state index contributed by atoms with van der Waals surface area (Å²) in [4.78, 5) is 31.5. The van der Waals surface area contributed by atoms with Crippen molar-refractivity contribution in [3.8, 4) is 5.75 Å². The molecule has 8 heteroatoms. The van der Waals surface area contributed by atoms with Crippen LogP contribution in [0.3, 0.4) is 0 Å². The Labute approximate surface area is 201 Å². The molecule has 174 valence electrons. The molecule has 1 fully saturated rings. The number of hydrogen-bond acceptors (Lipinski definition) is 5. The van der Waals surface area contributed by atoms with Crippen molar-refractivity contribution in [1.29, 1.82) is 0 Å². The van der Waals surface area contributed by atoms with E-state index in [4.69, 9.17) is 21.4 Å². The van der Waals surface area contributed by atoms with E-state index in [0.29, 0.717) is 35.4 Å². The van der Waals surface area contributed by atoms with Crippen molar-refractivity contribution in [1.82, 2.24) is 14.5 Å². The summed E-state index contributed by atoms with van der Waals surface area (Å²) in [6.07, 6.45) is 3.41. The molecule has 0 aliphatic carbocycles. The van der Waals surface area contributed by atoms with Crippen LogP contribution >= 0.6 is 12.2 Å². The van der Waals surface area contributed by atoms with E-state index >= 15 is 0 Å². The summed E-state index contributed by atoms with van der Waals surface area (Å²) in [7, 11) is 0. The number of likely N-dealkylation sites (tertiary alicyclic amines) is 1. The van der Waals surface area contributed by atoms with Gasteiger partial charge < -0.3 is 19.0 Å². The number of furan rings is 1. The van der Waals surface area contributed by atoms with Gasteiger partial charge in [0.25, 0.3) is 11.5 Å². The first kappa shape index (κ1) is 22.2. The molecule has 7 nitrogen and oxygen atoms in total. The maximum atomic E-state index is 13.5. The van der Waals surface area contributed by atoms with Crippen LogP contribution in [0.5, 0.6) is 5.75 Å². The largest absolute Gasteiger partial charge is 0.494 e. The molecule has 1 amide bonds. The highest BCUT2D eigenvalue weighted by Gasteiger charge is 2.30. The molecule has 1 saturated heterocycles. The fourth-order valence-electron chi connectivity index (χ4n) is 4.56. The molecule has 5 rings (SSSR count). The number of nitrogens with one attached hydrogen (secondary N) is 1. The summed E-state index contributed by atoms with van der Waals surface area (Å²) in [6.45, 7) is 3.51. The van der Waals surface area contributed by atoms with Crippen LogP contribution in [-0.2, 0) is 6.54 Å². The van der Waals surface area contributed by atoms with Crippen molar-refractivity contribution in [2.24, 2.45) is 0 Å². The van der Waals surface area contributed by atoms with Crippen LogP contribution in [0.25, 0.3) is 10.9 Å². The molecule has 1 aliphatic heterocycles. The smallest absolute Gasteiger partial charge is 0.262 e. The number of carbonyl (C=O) groups is 1. The van der Waals surface area contributed by atoms with Crippen molar-refractivity contribution in [3.05, 3.63) is 92.9 Å². The zero-order valence-electron chi connectivity index (χ0n) is 18.8. The molecule has 34 heavy (non-hydrogen) atoms. The van der Waals surface area contributed by atoms with E-state index in [-0.39, 0.29) is 28.8 Å². The van der Waals surface area contributed by atoms with Gasteiger partial charge in [-0.1, -0.05) is 12.1 Å². The summed E-state index contributed by atoms with van der Waals surface area (Å²) in [5, 5.41) is 0.473. The topological polar surface area (TPSA) is 80.5 Å². The van der Waals surface area contributed by atoms with Gasteiger partial charge in [0.05, 0.1) is 36.4 Å². The van der Waals surface area contributed by atoms with E-state index in [1.165, 1.54) is 4.57 Å². The number of carbonyl (C=O) groups excluding carboxylic acids is 1. The van der Waals surface area contributed by atoms with Gasteiger partial charge in [0.15, 0.2) is 4.77 Å². The van der Waals surface area contributed by atoms with Gasteiger partial charge in [0.1, 0.15) is 11.5 Å². The van der Waals surface area contributed by atoms with E-state index in [0.717, 1.165) is 24.2 Å². The zero-order valence-corrected chi connectivity index (χ0v) is 19.6. The maximum absolute atomic E-state index is 13.5. The number of benzene rings is 2. The van der Waals surface area contributed by atoms with Gasteiger partial charge in [-0.05, 0) is 80.0 Å². The van der Waals surface area contributed by atoms with Gasteiger partial charge >= 0.3 is 0 Å². The molecular weight excluding hydrogens is 450 g/mol. The van der Waals surface area contributed by atoms with Gasteiger partial charge in [-0.15, -0.1) is 0 Å². The average Bonchev–Trinajstić information content (AvgIpc) is 3.54. The van der Waals surface area contributed by atoms with Crippen LogP contribution in [0.1, 0.15) is 47.5 Å². The molecule has 0 saturated carbocycles. The molecule has 0 bridgehead atoms. The monoisotopic (exact) mass is 475 g/mol. The minimum atomic E-state index is -0.220. The minimum Gasteiger partial charge on any atom is -0.494 e. The molecule has 1 N–H and O–H groups in total. The number of H-pyrrole nitrogens is 1. The number of ether oxygens (including phenoxy) is 1. The normalized spacial score (nSPS) is 15.7. The van der Waals surface area contributed by atoms with E-state index in [1.54, 1.807) is 36.6 Å². The number of nitrogens with zero attached hydrogens (tertiary/aromatic N) is 2. The third-order valence-corrected chi connectivity index (χ3v) is 6.53. The van der Waals surface area contributed by atoms with Crippen LogP contribution in [0, 0.1) is 4.77 Å². The van der Waals surface area contributed by atoms with Crippen LogP contribution in [0.15, 0.2) is 70.1 Å². The van der Waals surface area contributed by atoms with Crippen molar-refractivity contribution in [2.45, 2.75) is 32.4 Å². The highest BCUT2D eigenvalue weighted by Crippen LogP contribution is 2.34. The first-order valence-corrected chi connectivity index (χ1v) is 11.8. The lowest BCUT2D eigenvalue weighted by atomic mass is 10.0. The molecule has 2 aromatic heterocycles. The Kier molecular flexibility index (Phi) is 6.06. The SMILES string of the molecule is CCOc1ccc(C2CCCN2C(=O)c2ccc3c(=O)n(Cc4ccco4)c(=S)[nH]c3c2)cc1. The lowest BCUT2D eigenvalue weighted by Crippen LogP contribution is -2.30. The Balaban J connectivity index is 1.43. The van der Waals surface area contributed by atoms with Crippen molar-refractivity contribution in [3.63, 3.8) is 0 Å². The van der Waals surface area contributed by atoms with Gasteiger partial charge in [-0.2, -0.15) is 0 Å². The van der Waals surface area contributed by atoms with Crippen molar-refractivity contribution >= 4 is 29.0 Å². The van der Waals surface area contributed by atoms with Crippen LogP contribution in [0.4, 0.5) is 0 Å². The Morgan fingerprint density at radius 1 is 1.21 bits per heavy atom. The summed E-state index contributed by atoms with van der Waals surface area (Å²) < 4.78 is 12.6. The number of aromatic amines is 1. The standard InChI is InChI=1S/C26H25N3O4S/c1-2-32-19-10-7-17(8-11-19)23-6-3-13-28(23)24(30)18-9-12-21-22(15-18)27-26(34)29(25(21)31)16-20-5-4-14-33-20/h4-5,7-12,14-15,23H,2-3,6,13,16H2,1H3,(H,27,34). The fraction of sp³-hybridized carbons (Fsp3) is 0.269. The van der Waals surface area contributed by atoms with E-state index in [1.807, 2.05) is 36.1 Å². The lowest BCUT2D eigenvalue weighted by Gasteiger charge is -2.25. The summed E-state index contributed by atoms with van der Waals surface area (Å²) in [6, 6.07) is 16.7. The van der Waals surface area contributed by atoms with E-state index in [2.05, 4.69) is 4.98 Å². The third-order valence-electron chi connectivity index (χ3n) is 6.21. The molecule has 0 radical (unpaired) electrons. The third kappa shape index (κ3) is 4.17. The second kappa shape index (κ2) is 9.30. The number of aromatic nitrogens is 2. The molecule has 4 aromatic rings. The van der Waals surface area contributed by atoms with Gasteiger partial charge in [0, 0.05) is 12.1 Å². The number of amides is 1. The fourth-order valence-corrected chi connectivity index (χ4v) is 4.82. The predicted octanol–water partition coefficient (Wildman–Crippen LogP) is 5.08. The first-order chi connectivity index (χ1) is 16.5. The minimum absolute atomic E-state index is 0.0127. The van der Waals surface area contributed by atoms with Gasteiger partial charge in [0.2, 0.25) is 0 Å². The highest BCUT2D eigenvalue weighted by molar-refractivity contribution is 7.71. The van der Waals surface area contributed by atoms with E-state index < -0.39 is 0 Å². The van der Waals surface area contributed by atoms with Crippen LogP contribution in [-0.4, -0.2) is 33.5 Å². The molecule has 1 unspecified atom stereocenters. The Morgan fingerprint density at radius 2 is 2.03 bits per heavy atom. The van der Waals surface area contributed by atoms with Gasteiger partial charge in [-0.25, -0.2) is 0 Å². The molecule has 2 aromatic carbocycles. The molecule has 1 atom stereocenters. The highest BCUT2D eigenvalue weighted by atomic mass is 32.1. The summed E-state index contributed by atoms with van der Waals surface area (Å²) >= 11 is 5.43. The maximum Gasteiger partial charge on any atom is 0.262 e.